The number of phenols is 1. The number of thiocarbonyl (C=S) groups is 1. The van der Waals surface area contributed by atoms with Gasteiger partial charge >= 0.3 is 0 Å². The first-order valence-corrected chi connectivity index (χ1v) is 6.24. The van der Waals surface area contributed by atoms with Crippen molar-refractivity contribution in [2.24, 2.45) is 11.7 Å². The van der Waals surface area contributed by atoms with E-state index in [4.69, 9.17) is 18.0 Å². The van der Waals surface area contributed by atoms with Crippen molar-refractivity contribution in [3.05, 3.63) is 24.3 Å². The third-order valence-electron chi connectivity index (χ3n) is 2.77. The fraction of sp³-hybridized carbons (Fsp3) is 0.385. The molecular formula is C13H18N2O2S. The lowest BCUT2D eigenvalue weighted by atomic mass is 10.0. The largest absolute Gasteiger partial charge is 0.508 e. The van der Waals surface area contributed by atoms with Gasteiger partial charge in [-0.2, -0.15) is 0 Å². The number of carbonyl (C=O) groups is 1. The second-order valence-corrected chi connectivity index (χ2v) is 4.63. The zero-order valence-electron chi connectivity index (χ0n) is 10.6. The molecule has 0 aliphatic rings. The summed E-state index contributed by atoms with van der Waals surface area (Å²) in [4.78, 5) is 14.0. The van der Waals surface area contributed by atoms with E-state index >= 15 is 0 Å². The number of amides is 1. The van der Waals surface area contributed by atoms with Crippen LogP contribution < -0.4 is 10.6 Å². The van der Waals surface area contributed by atoms with Crippen molar-refractivity contribution in [2.75, 3.05) is 11.9 Å². The van der Waals surface area contributed by atoms with Gasteiger partial charge in [0.1, 0.15) is 5.75 Å². The fourth-order valence-electron chi connectivity index (χ4n) is 1.74. The van der Waals surface area contributed by atoms with E-state index in [2.05, 4.69) is 0 Å². The van der Waals surface area contributed by atoms with Crippen LogP contribution in [0.25, 0.3) is 0 Å². The van der Waals surface area contributed by atoms with E-state index < -0.39 is 5.92 Å². The molecule has 0 bridgehead atoms. The predicted molar refractivity (Wildman–Crippen MR) is 76.7 cm³/mol. The fourth-order valence-corrected chi connectivity index (χ4v) is 1.96. The number of phenolic OH excluding ortho intramolecular Hbond substituents is 1. The van der Waals surface area contributed by atoms with Crippen molar-refractivity contribution < 1.29 is 9.90 Å². The number of nitrogens with two attached hydrogens (primary N) is 1. The van der Waals surface area contributed by atoms with Crippen molar-refractivity contribution in [2.45, 2.75) is 19.8 Å². The van der Waals surface area contributed by atoms with Gasteiger partial charge in [-0.25, -0.2) is 0 Å². The molecule has 5 heteroatoms. The smallest absolute Gasteiger partial charge is 0.236 e. The normalized spacial score (nSPS) is 11.9. The van der Waals surface area contributed by atoms with E-state index in [0.29, 0.717) is 12.1 Å². The number of anilines is 1. The number of hydrogen-bond acceptors (Lipinski definition) is 3. The molecular weight excluding hydrogens is 248 g/mol. The van der Waals surface area contributed by atoms with Crippen LogP contribution in [0.15, 0.2) is 24.3 Å². The van der Waals surface area contributed by atoms with E-state index in [1.807, 2.05) is 6.92 Å². The molecule has 3 N–H and O–H groups in total. The lowest BCUT2D eigenvalue weighted by Crippen LogP contribution is -2.39. The molecule has 1 aromatic rings. The first-order chi connectivity index (χ1) is 8.47. The van der Waals surface area contributed by atoms with Gasteiger partial charge in [0, 0.05) is 18.8 Å². The van der Waals surface area contributed by atoms with Crippen LogP contribution in [0.3, 0.4) is 0 Å². The summed E-state index contributed by atoms with van der Waals surface area (Å²) < 4.78 is 0. The third kappa shape index (κ3) is 3.43. The molecule has 0 fully saturated rings. The van der Waals surface area contributed by atoms with Crippen molar-refractivity contribution in [1.29, 1.82) is 0 Å². The maximum absolute atomic E-state index is 12.3. The van der Waals surface area contributed by atoms with E-state index in [-0.39, 0.29) is 16.6 Å². The van der Waals surface area contributed by atoms with Crippen molar-refractivity contribution in [3.63, 3.8) is 0 Å². The average Bonchev–Trinajstić information content (AvgIpc) is 2.33. The van der Waals surface area contributed by atoms with Crippen LogP contribution in [0.4, 0.5) is 5.69 Å². The molecule has 0 saturated carbocycles. The van der Waals surface area contributed by atoms with Gasteiger partial charge in [-0.3, -0.25) is 4.79 Å². The van der Waals surface area contributed by atoms with Crippen molar-refractivity contribution in [3.8, 4) is 5.75 Å². The van der Waals surface area contributed by atoms with Crippen molar-refractivity contribution in [1.82, 2.24) is 0 Å². The molecule has 1 atom stereocenters. The second kappa shape index (κ2) is 6.35. The number of hydrogen-bond donors (Lipinski definition) is 2. The van der Waals surface area contributed by atoms with Crippen LogP contribution in [-0.4, -0.2) is 23.0 Å². The molecule has 0 saturated heterocycles. The maximum atomic E-state index is 12.3. The molecule has 98 valence electrons. The van der Waals surface area contributed by atoms with E-state index in [9.17, 15) is 9.90 Å². The highest BCUT2D eigenvalue weighted by Crippen LogP contribution is 2.21. The summed E-state index contributed by atoms with van der Waals surface area (Å²) in [5, 5.41) is 9.41. The highest BCUT2D eigenvalue weighted by atomic mass is 32.1. The standard InChI is InChI=1S/C13H18N2O2S/c1-3-5-11(12(14)18)13(17)15(2)9-6-4-7-10(16)8-9/h4,6-8,11,16H,3,5H2,1-2H3,(H2,14,18). The summed E-state index contributed by atoms with van der Waals surface area (Å²) in [6.07, 6.45) is 1.47. The third-order valence-corrected chi connectivity index (χ3v) is 3.05. The highest BCUT2D eigenvalue weighted by Gasteiger charge is 2.24. The zero-order valence-corrected chi connectivity index (χ0v) is 11.4. The zero-order chi connectivity index (χ0) is 13.7. The first-order valence-electron chi connectivity index (χ1n) is 5.83. The molecule has 0 aliphatic heterocycles. The summed E-state index contributed by atoms with van der Waals surface area (Å²) in [6.45, 7) is 1.98. The van der Waals surface area contributed by atoms with Gasteiger partial charge in [0.25, 0.3) is 0 Å². The number of benzene rings is 1. The Balaban J connectivity index is 2.91. The lowest BCUT2D eigenvalue weighted by molar-refractivity contribution is -0.120. The number of rotatable bonds is 5. The molecule has 1 amide bonds. The topological polar surface area (TPSA) is 66.6 Å². The van der Waals surface area contributed by atoms with Crippen LogP contribution in [0, 0.1) is 5.92 Å². The molecule has 1 aromatic carbocycles. The molecule has 0 radical (unpaired) electrons. The Morgan fingerprint density at radius 3 is 2.72 bits per heavy atom. The Bertz CT molecular complexity index is 448. The molecule has 1 rings (SSSR count). The van der Waals surface area contributed by atoms with E-state index in [1.54, 1.807) is 25.2 Å². The van der Waals surface area contributed by atoms with E-state index in [1.165, 1.54) is 11.0 Å². The highest BCUT2D eigenvalue weighted by molar-refractivity contribution is 7.80. The number of aromatic hydroxyl groups is 1. The molecule has 1 unspecified atom stereocenters. The second-order valence-electron chi connectivity index (χ2n) is 4.16. The van der Waals surface area contributed by atoms with Gasteiger partial charge < -0.3 is 15.7 Å². The van der Waals surface area contributed by atoms with Gasteiger partial charge in [0.2, 0.25) is 5.91 Å². The van der Waals surface area contributed by atoms with Crippen LogP contribution in [0.1, 0.15) is 19.8 Å². The van der Waals surface area contributed by atoms with Gasteiger partial charge in [0.15, 0.2) is 0 Å². The minimum atomic E-state index is -0.447. The monoisotopic (exact) mass is 266 g/mol. The van der Waals surface area contributed by atoms with Gasteiger partial charge in [-0.05, 0) is 18.6 Å². The SMILES string of the molecule is CCCC(C(=O)N(C)c1cccc(O)c1)C(N)=S. The summed E-state index contributed by atoms with van der Waals surface area (Å²) in [5.74, 6) is -0.471. The Hall–Kier alpha value is -1.62. The van der Waals surface area contributed by atoms with Crippen LogP contribution in [0.5, 0.6) is 5.75 Å². The Morgan fingerprint density at radius 1 is 1.56 bits per heavy atom. The maximum Gasteiger partial charge on any atom is 0.236 e. The predicted octanol–water partition coefficient (Wildman–Crippen LogP) is 2.06. The summed E-state index contributed by atoms with van der Waals surface area (Å²) in [6, 6.07) is 6.52. The molecule has 0 spiro atoms. The molecule has 0 aromatic heterocycles. The Labute approximate surface area is 112 Å². The molecule has 0 heterocycles. The summed E-state index contributed by atoms with van der Waals surface area (Å²) in [7, 11) is 1.65. The quantitative estimate of drug-likeness (QED) is 0.801. The average molecular weight is 266 g/mol. The molecule has 0 aliphatic carbocycles. The summed E-state index contributed by atoms with van der Waals surface area (Å²) in [5.41, 5.74) is 6.23. The number of carbonyl (C=O) groups excluding carboxylic acids is 1. The van der Waals surface area contributed by atoms with Gasteiger partial charge in [0.05, 0.1) is 10.9 Å². The van der Waals surface area contributed by atoms with Crippen LogP contribution in [0.2, 0.25) is 0 Å². The van der Waals surface area contributed by atoms with Gasteiger partial charge in [-0.15, -0.1) is 0 Å². The molecule has 4 nitrogen and oxygen atoms in total. The van der Waals surface area contributed by atoms with Crippen molar-refractivity contribution >= 4 is 28.8 Å². The number of nitrogens with zero attached hydrogens (tertiary/aromatic N) is 1. The van der Waals surface area contributed by atoms with Crippen LogP contribution in [-0.2, 0) is 4.79 Å². The Morgan fingerprint density at radius 2 is 2.22 bits per heavy atom. The minimum Gasteiger partial charge on any atom is -0.508 e. The minimum absolute atomic E-state index is 0.120. The lowest BCUT2D eigenvalue weighted by Gasteiger charge is -2.23. The Kier molecular flexibility index (Phi) is 5.09. The van der Waals surface area contributed by atoms with E-state index in [0.717, 1.165) is 6.42 Å². The van der Waals surface area contributed by atoms with Crippen LogP contribution >= 0.6 is 12.2 Å². The first kappa shape index (κ1) is 14.4. The molecule has 18 heavy (non-hydrogen) atoms. The van der Waals surface area contributed by atoms with Gasteiger partial charge in [-0.1, -0.05) is 31.6 Å². The summed E-state index contributed by atoms with van der Waals surface area (Å²) >= 11 is 4.93.